The Labute approximate surface area is 129 Å². The first kappa shape index (κ1) is 18.6. The monoisotopic (exact) mass is 351 g/mol. The second-order valence-electron chi connectivity index (χ2n) is 4.14. The summed E-state index contributed by atoms with van der Waals surface area (Å²) in [7, 11) is -2.64. The molecule has 2 rings (SSSR count). The van der Waals surface area contributed by atoms with Crippen LogP contribution in [0.3, 0.4) is 0 Å². The largest absolute Gasteiger partial charge is 0.344 e. The molecule has 0 bridgehead atoms. The number of rotatable bonds is 5. The number of benzene rings is 1. The van der Waals surface area contributed by atoms with E-state index in [1.54, 1.807) is 0 Å². The van der Waals surface area contributed by atoms with Crippen molar-refractivity contribution in [1.82, 2.24) is 16.5 Å². The molecule has 0 radical (unpaired) electrons. The van der Waals surface area contributed by atoms with Gasteiger partial charge in [-0.1, -0.05) is 0 Å². The van der Waals surface area contributed by atoms with E-state index in [4.69, 9.17) is 0 Å². The zero-order chi connectivity index (χ0) is 16.3. The Morgan fingerprint density at radius 3 is 2.61 bits per heavy atom. The van der Waals surface area contributed by atoms with Gasteiger partial charge >= 0.3 is 10.5 Å². The van der Waals surface area contributed by atoms with E-state index in [2.05, 4.69) is 24.6 Å². The molecular weight excluding hydrogens is 339 g/mol. The molecular formula is C11H12F3N5O3S. The van der Waals surface area contributed by atoms with Crippen LogP contribution in [0.15, 0.2) is 27.2 Å². The Bertz CT molecular complexity index is 801. The second kappa shape index (κ2) is 7.69. The third-order valence-electron chi connectivity index (χ3n) is 2.58. The van der Waals surface area contributed by atoms with Gasteiger partial charge in [0.2, 0.25) is 5.82 Å². The van der Waals surface area contributed by atoms with Crippen LogP contribution in [0.1, 0.15) is 18.9 Å². The maximum atomic E-state index is 13.3. The summed E-state index contributed by atoms with van der Waals surface area (Å²) in [5.41, 5.74) is -0.624. The maximum Gasteiger partial charge on any atom is 0.313 e. The first-order chi connectivity index (χ1) is 10.4. The van der Waals surface area contributed by atoms with Crippen LogP contribution in [0.2, 0.25) is 0 Å². The van der Waals surface area contributed by atoms with Crippen LogP contribution in [-0.4, -0.2) is 24.9 Å². The lowest BCUT2D eigenvalue weighted by molar-refractivity contribution is 0.146. The molecule has 0 amide bonds. The summed E-state index contributed by atoms with van der Waals surface area (Å²) in [6.07, 6.45) is -3.87. The molecule has 0 saturated heterocycles. The van der Waals surface area contributed by atoms with Crippen LogP contribution in [0.5, 0.6) is 0 Å². The zero-order valence-corrected chi connectivity index (χ0v) is 12.5. The highest BCUT2D eigenvalue weighted by molar-refractivity contribution is 7.61. The van der Waals surface area contributed by atoms with Crippen LogP contribution >= 0.6 is 0 Å². The highest BCUT2D eigenvalue weighted by Crippen LogP contribution is 2.30. The van der Waals surface area contributed by atoms with Crippen molar-refractivity contribution < 1.29 is 26.2 Å². The van der Waals surface area contributed by atoms with E-state index in [-0.39, 0.29) is 23.2 Å². The van der Waals surface area contributed by atoms with Gasteiger partial charge in [0, 0.05) is 5.56 Å². The summed E-state index contributed by atoms with van der Waals surface area (Å²) in [5.74, 6) is -1.05. The lowest BCUT2D eigenvalue weighted by atomic mass is 10.1. The first-order valence-electron chi connectivity index (χ1n) is 5.85. The average Bonchev–Trinajstić information content (AvgIpc) is 2.86. The number of nitrogens with zero attached hydrogens (tertiary/aromatic N) is 3. The van der Waals surface area contributed by atoms with Gasteiger partial charge in [-0.2, -0.15) is 8.42 Å². The third-order valence-corrected chi connectivity index (χ3v) is 3.07. The molecule has 8 nitrogen and oxygen atoms in total. The van der Waals surface area contributed by atoms with Gasteiger partial charge in [0.25, 0.3) is 6.43 Å². The molecule has 2 aromatic rings. The molecule has 0 fully saturated rings. The van der Waals surface area contributed by atoms with Gasteiger partial charge in [-0.3, -0.25) is 0 Å². The van der Waals surface area contributed by atoms with Crippen molar-refractivity contribution >= 4 is 16.3 Å². The minimum atomic E-state index is -2.99. The van der Waals surface area contributed by atoms with Crippen molar-refractivity contribution in [2.75, 3.05) is 5.32 Å². The van der Waals surface area contributed by atoms with E-state index in [0.717, 1.165) is 12.1 Å². The van der Waals surface area contributed by atoms with Crippen LogP contribution in [-0.2, 0) is 10.5 Å². The van der Waals surface area contributed by atoms with Gasteiger partial charge in [-0.25, -0.2) is 17.8 Å². The van der Waals surface area contributed by atoms with Crippen molar-refractivity contribution in [2.24, 2.45) is 4.36 Å². The predicted molar refractivity (Wildman–Crippen MR) is 74.1 cm³/mol. The molecule has 0 aliphatic heterocycles. The molecule has 1 aromatic carbocycles. The highest BCUT2D eigenvalue weighted by Gasteiger charge is 2.19. The molecule has 126 valence electrons. The van der Waals surface area contributed by atoms with Gasteiger partial charge in [-0.05, 0) is 35.4 Å². The predicted octanol–water partition coefficient (Wildman–Crippen LogP) is 2.80. The van der Waals surface area contributed by atoms with Crippen LogP contribution in [0.4, 0.5) is 19.0 Å². The van der Waals surface area contributed by atoms with E-state index in [9.17, 15) is 21.6 Å². The summed E-state index contributed by atoms with van der Waals surface area (Å²) in [5, 5.41) is 9.61. The van der Waals surface area contributed by atoms with Crippen LogP contribution < -0.4 is 11.5 Å². The summed E-state index contributed by atoms with van der Waals surface area (Å²) in [4.78, 5) is 0. The smallest absolute Gasteiger partial charge is 0.313 e. The first-order valence-corrected chi connectivity index (χ1v) is 6.89. The number of aromatic nitrogens is 2. The molecule has 1 heterocycles. The van der Waals surface area contributed by atoms with E-state index in [0.29, 0.717) is 0 Å². The number of hydrogen-bond acceptors (Lipinski definition) is 8. The van der Waals surface area contributed by atoms with E-state index >= 15 is 0 Å². The van der Waals surface area contributed by atoms with Crippen molar-refractivity contribution in [3.63, 3.8) is 0 Å². The van der Waals surface area contributed by atoms with Gasteiger partial charge in [0.15, 0.2) is 5.69 Å². The lowest BCUT2D eigenvalue weighted by Crippen LogP contribution is -2.12. The molecule has 1 aromatic heterocycles. The maximum absolute atomic E-state index is 13.3. The van der Waals surface area contributed by atoms with Gasteiger partial charge < -0.3 is 11.5 Å². The molecule has 0 saturated carbocycles. The minimum absolute atomic E-state index is 0. The highest BCUT2D eigenvalue weighted by atomic mass is 32.2. The molecule has 12 heteroatoms. The molecule has 4 N–H and O–H groups in total. The molecule has 1 atom stereocenters. The fourth-order valence-corrected chi connectivity index (χ4v) is 2.00. The van der Waals surface area contributed by atoms with Gasteiger partial charge in [-0.15, -0.1) is 4.36 Å². The SMILES string of the molecule is CC(N=S(=O)=O)Nc1nonc1-c1ccc(F)c(C(F)F)c1.N. The fourth-order valence-electron chi connectivity index (χ4n) is 1.68. The van der Waals surface area contributed by atoms with Gasteiger partial charge in [0.1, 0.15) is 12.0 Å². The lowest BCUT2D eigenvalue weighted by Gasteiger charge is -2.07. The number of nitrogens with one attached hydrogen (secondary N) is 1. The summed E-state index contributed by atoms with van der Waals surface area (Å²) in [6.45, 7) is 1.42. The number of hydrogen-bond donors (Lipinski definition) is 2. The fraction of sp³-hybridized carbons (Fsp3) is 0.273. The van der Waals surface area contributed by atoms with E-state index < -0.39 is 34.5 Å². The topological polar surface area (TPSA) is 132 Å². The van der Waals surface area contributed by atoms with E-state index in [1.165, 1.54) is 13.0 Å². The normalized spacial score (nSPS) is 11.7. The van der Waals surface area contributed by atoms with Crippen molar-refractivity contribution in [2.45, 2.75) is 19.5 Å². The van der Waals surface area contributed by atoms with Crippen LogP contribution in [0.25, 0.3) is 11.3 Å². The summed E-state index contributed by atoms with van der Waals surface area (Å²) < 4.78 is 67.4. The number of halogens is 3. The second-order valence-corrected chi connectivity index (χ2v) is 4.79. The molecule has 23 heavy (non-hydrogen) atoms. The summed E-state index contributed by atoms with van der Waals surface area (Å²) >= 11 is 0. The standard InChI is InChI=1S/C11H9F3N4O3S.H3N/c1-5(18-22(19)20)15-11-9(16-21-17-11)6-2-3-8(12)7(4-6)10(13)14;/h2-5,10H,1H3,(H,15,17);1H3. The quantitative estimate of drug-likeness (QED) is 0.846. The van der Waals surface area contributed by atoms with E-state index in [1.807, 2.05) is 0 Å². The Kier molecular flexibility index (Phi) is 6.21. The molecule has 1 unspecified atom stereocenters. The summed E-state index contributed by atoms with van der Waals surface area (Å²) in [6, 6.07) is 3.01. The van der Waals surface area contributed by atoms with Crippen molar-refractivity contribution in [3.8, 4) is 11.3 Å². The zero-order valence-electron chi connectivity index (χ0n) is 11.7. The number of alkyl halides is 2. The molecule has 0 aliphatic carbocycles. The average molecular weight is 351 g/mol. The van der Waals surface area contributed by atoms with Gasteiger partial charge in [0.05, 0.1) is 5.56 Å². The van der Waals surface area contributed by atoms with Crippen molar-refractivity contribution in [3.05, 3.63) is 29.6 Å². The number of anilines is 1. The van der Waals surface area contributed by atoms with Crippen molar-refractivity contribution in [1.29, 1.82) is 0 Å². The Balaban J connectivity index is 0.00000264. The molecule has 0 spiro atoms. The Hall–Kier alpha value is -2.47. The minimum Gasteiger partial charge on any atom is -0.344 e. The van der Waals surface area contributed by atoms with Crippen LogP contribution in [0, 0.1) is 5.82 Å². The Morgan fingerprint density at radius 2 is 2.00 bits per heavy atom. The third kappa shape index (κ3) is 4.50. The Morgan fingerprint density at radius 1 is 1.30 bits per heavy atom. The molecule has 0 aliphatic rings.